The molecule has 222 valence electrons. The number of nitrogens with zero attached hydrogens (tertiary/aromatic N) is 2. The average Bonchev–Trinajstić information content (AvgIpc) is 3.29. The van der Waals surface area contributed by atoms with E-state index in [1.165, 1.54) is 4.52 Å². The van der Waals surface area contributed by atoms with E-state index in [0.29, 0.717) is 29.3 Å². The van der Waals surface area contributed by atoms with Gasteiger partial charge in [-0.2, -0.15) is 5.10 Å². The number of esters is 1. The Morgan fingerprint density at radius 1 is 0.952 bits per heavy atom. The lowest BCUT2D eigenvalue weighted by Crippen LogP contribution is -2.23. The van der Waals surface area contributed by atoms with E-state index in [0.717, 1.165) is 30.0 Å². The number of ether oxygens (including phenoxy) is 2. The van der Waals surface area contributed by atoms with Crippen LogP contribution in [0.3, 0.4) is 0 Å². The summed E-state index contributed by atoms with van der Waals surface area (Å²) in [6.45, 7) is 7.17. The van der Waals surface area contributed by atoms with E-state index in [4.69, 9.17) is 9.47 Å². The molecule has 0 N–H and O–H groups in total. The van der Waals surface area contributed by atoms with Gasteiger partial charge in [-0.05, 0) is 61.4 Å². The van der Waals surface area contributed by atoms with E-state index >= 15 is 0 Å². The number of benzene rings is 2. The summed E-state index contributed by atoms with van der Waals surface area (Å²) >= 11 is 0. The molecule has 0 aliphatic carbocycles. The smallest absolute Gasteiger partial charge is 0.306 e. The van der Waals surface area contributed by atoms with Crippen molar-refractivity contribution in [2.24, 2.45) is 5.41 Å². The topological polar surface area (TPSA) is 69.9 Å². The van der Waals surface area contributed by atoms with Crippen LogP contribution in [0.15, 0.2) is 54.6 Å². The summed E-state index contributed by atoms with van der Waals surface area (Å²) in [5.41, 5.74) is 2.05. The van der Waals surface area contributed by atoms with Gasteiger partial charge in [-0.3, -0.25) is 9.59 Å². The predicted octanol–water partition coefficient (Wildman–Crippen LogP) is 7.85. The molecular weight excluding hydrogens is 545 g/mol. The molecule has 2 aromatic heterocycles. The fraction of sp³-hybridized carbons (Fsp3) is 0.364. The second-order valence-electron chi connectivity index (χ2n) is 11.0. The fourth-order valence-electron chi connectivity index (χ4n) is 5.24. The molecule has 2 heterocycles. The zero-order valence-corrected chi connectivity index (χ0v) is 24.3. The molecule has 0 spiro atoms. The highest BCUT2D eigenvalue weighted by atomic mass is 19.2. The molecule has 0 radical (unpaired) electrons. The summed E-state index contributed by atoms with van der Waals surface area (Å²) in [5, 5.41) is 4.47. The standard InChI is InChI=1S/C33H35F3N2O4/c1-5-14-33(4,18-30(40)42-19-23-9-7-6-8-10-23)15-13-28(39)31-22(3)37-38-27(31)16-21(2)17-29(38)41-20-24-25(34)11-12-26(35)32(24)36/h6-12,16-17H,5,13-15,18-20H2,1-4H3. The van der Waals surface area contributed by atoms with Crippen molar-refractivity contribution in [2.75, 3.05) is 0 Å². The number of fused-ring (bicyclic) bond motifs is 1. The van der Waals surface area contributed by atoms with Crippen molar-refractivity contribution in [1.29, 1.82) is 0 Å². The maximum Gasteiger partial charge on any atom is 0.306 e. The van der Waals surface area contributed by atoms with Gasteiger partial charge < -0.3 is 9.47 Å². The van der Waals surface area contributed by atoms with Crippen LogP contribution in [0.25, 0.3) is 5.52 Å². The Kier molecular flexibility index (Phi) is 9.70. The molecule has 42 heavy (non-hydrogen) atoms. The van der Waals surface area contributed by atoms with Crippen molar-refractivity contribution in [3.63, 3.8) is 0 Å². The lowest BCUT2D eigenvalue weighted by Gasteiger charge is -2.28. The van der Waals surface area contributed by atoms with Crippen LogP contribution in [0.1, 0.15) is 78.7 Å². The van der Waals surface area contributed by atoms with Gasteiger partial charge in [0.05, 0.1) is 28.8 Å². The molecule has 2 aromatic carbocycles. The summed E-state index contributed by atoms with van der Waals surface area (Å²) < 4.78 is 54.6. The predicted molar refractivity (Wildman–Crippen MR) is 153 cm³/mol. The highest BCUT2D eigenvalue weighted by Gasteiger charge is 2.30. The number of pyridine rings is 1. The minimum absolute atomic E-state index is 0.138. The number of aromatic nitrogens is 2. The van der Waals surface area contributed by atoms with Gasteiger partial charge in [0, 0.05) is 12.5 Å². The first-order valence-corrected chi connectivity index (χ1v) is 14.0. The molecule has 1 unspecified atom stereocenters. The number of carbonyl (C=O) groups is 2. The lowest BCUT2D eigenvalue weighted by molar-refractivity contribution is -0.147. The van der Waals surface area contributed by atoms with Gasteiger partial charge in [-0.15, -0.1) is 0 Å². The van der Waals surface area contributed by atoms with Gasteiger partial charge in [-0.25, -0.2) is 17.7 Å². The van der Waals surface area contributed by atoms with Crippen LogP contribution in [0.2, 0.25) is 0 Å². The number of ketones is 1. The van der Waals surface area contributed by atoms with Crippen molar-refractivity contribution < 1.29 is 32.2 Å². The van der Waals surface area contributed by atoms with E-state index in [2.05, 4.69) is 5.10 Å². The normalized spacial score (nSPS) is 12.7. The maximum atomic E-state index is 14.2. The van der Waals surface area contributed by atoms with E-state index in [1.54, 1.807) is 26.0 Å². The number of hydrogen-bond acceptors (Lipinski definition) is 5. The minimum Gasteiger partial charge on any atom is -0.473 e. The highest BCUT2D eigenvalue weighted by molar-refractivity contribution is 6.03. The zero-order chi connectivity index (χ0) is 30.4. The Bertz CT molecular complexity index is 1590. The number of Topliss-reactive ketones (excluding diaryl/α,β-unsaturated/α-hetero) is 1. The molecule has 4 rings (SSSR count). The van der Waals surface area contributed by atoms with Crippen LogP contribution in [0, 0.1) is 36.7 Å². The molecule has 0 aliphatic rings. The maximum absolute atomic E-state index is 14.2. The Morgan fingerprint density at radius 3 is 2.38 bits per heavy atom. The first-order chi connectivity index (χ1) is 20.0. The molecule has 0 aliphatic heterocycles. The van der Waals surface area contributed by atoms with Gasteiger partial charge in [0.15, 0.2) is 17.4 Å². The first kappa shape index (κ1) is 30.8. The molecule has 0 saturated carbocycles. The first-order valence-electron chi connectivity index (χ1n) is 14.0. The SMILES string of the molecule is CCCC(C)(CCC(=O)c1c(C)nn2c(OCc3c(F)ccc(F)c3F)cc(C)cc12)CC(=O)OCc1ccccc1. The quantitative estimate of drug-likeness (QED) is 0.0915. The number of rotatable bonds is 13. The average molecular weight is 581 g/mol. The molecular formula is C33H35F3N2O4. The van der Waals surface area contributed by atoms with E-state index in [9.17, 15) is 22.8 Å². The van der Waals surface area contributed by atoms with Crippen molar-refractivity contribution >= 4 is 17.3 Å². The summed E-state index contributed by atoms with van der Waals surface area (Å²) in [7, 11) is 0. The summed E-state index contributed by atoms with van der Waals surface area (Å²) in [5.74, 6) is -3.70. The molecule has 0 bridgehead atoms. The zero-order valence-electron chi connectivity index (χ0n) is 24.3. The third-order valence-electron chi connectivity index (χ3n) is 7.43. The number of carbonyl (C=O) groups excluding carboxylic acids is 2. The van der Waals surface area contributed by atoms with Crippen LogP contribution < -0.4 is 4.74 Å². The summed E-state index contributed by atoms with van der Waals surface area (Å²) in [4.78, 5) is 26.3. The van der Waals surface area contributed by atoms with Crippen LogP contribution in [0.4, 0.5) is 13.2 Å². The van der Waals surface area contributed by atoms with Gasteiger partial charge >= 0.3 is 5.97 Å². The molecule has 6 nitrogen and oxygen atoms in total. The molecule has 1 atom stereocenters. The van der Waals surface area contributed by atoms with Crippen LogP contribution in [0.5, 0.6) is 5.88 Å². The van der Waals surface area contributed by atoms with Gasteiger partial charge in [0.25, 0.3) is 0 Å². The van der Waals surface area contributed by atoms with Gasteiger partial charge in [0.2, 0.25) is 5.88 Å². The Labute approximate surface area is 243 Å². The highest BCUT2D eigenvalue weighted by Crippen LogP contribution is 2.35. The van der Waals surface area contributed by atoms with Crippen molar-refractivity contribution in [3.8, 4) is 5.88 Å². The largest absolute Gasteiger partial charge is 0.473 e. The Balaban J connectivity index is 1.49. The minimum atomic E-state index is -1.31. The molecule has 9 heteroatoms. The number of halogens is 3. The fourth-order valence-corrected chi connectivity index (χ4v) is 5.24. The summed E-state index contributed by atoms with van der Waals surface area (Å²) in [6, 6.07) is 14.4. The lowest BCUT2D eigenvalue weighted by atomic mass is 9.77. The molecule has 4 aromatic rings. The Hall–Kier alpha value is -4.14. The number of aryl methyl sites for hydroxylation is 2. The van der Waals surface area contributed by atoms with Crippen molar-refractivity contribution in [1.82, 2.24) is 9.61 Å². The molecule has 0 saturated heterocycles. The van der Waals surface area contributed by atoms with Crippen molar-refractivity contribution in [3.05, 3.63) is 100.0 Å². The molecule has 0 amide bonds. The second kappa shape index (κ2) is 13.2. The van der Waals surface area contributed by atoms with Crippen LogP contribution >= 0.6 is 0 Å². The molecule has 0 fully saturated rings. The third kappa shape index (κ3) is 7.19. The van der Waals surface area contributed by atoms with E-state index in [-0.39, 0.29) is 37.1 Å². The summed E-state index contributed by atoms with van der Waals surface area (Å²) in [6.07, 6.45) is 2.45. The van der Waals surface area contributed by atoms with E-state index < -0.39 is 35.0 Å². The van der Waals surface area contributed by atoms with E-state index in [1.807, 2.05) is 44.2 Å². The van der Waals surface area contributed by atoms with Crippen molar-refractivity contribution in [2.45, 2.75) is 73.0 Å². The second-order valence-corrected chi connectivity index (χ2v) is 11.0. The van der Waals surface area contributed by atoms with Crippen LogP contribution in [-0.2, 0) is 22.7 Å². The third-order valence-corrected chi connectivity index (χ3v) is 7.43. The monoisotopic (exact) mass is 580 g/mol. The Morgan fingerprint density at radius 2 is 1.67 bits per heavy atom. The van der Waals surface area contributed by atoms with Gasteiger partial charge in [-0.1, -0.05) is 50.6 Å². The van der Waals surface area contributed by atoms with Crippen LogP contribution in [-0.4, -0.2) is 21.4 Å². The number of hydrogen-bond donors (Lipinski definition) is 0. The van der Waals surface area contributed by atoms with Gasteiger partial charge in [0.1, 0.15) is 19.0 Å².